The van der Waals surface area contributed by atoms with Crippen molar-refractivity contribution in [1.29, 1.82) is 0 Å². The van der Waals surface area contributed by atoms with Crippen LogP contribution in [0.5, 0.6) is 0 Å². The summed E-state index contributed by atoms with van der Waals surface area (Å²) in [6.07, 6.45) is 3.08. The molecule has 1 atom stereocenters. The van der Waals surface area contributed by atoms with Crippen molar-refractivity contribution in [2.45, 2.75) is 31.7 Å². The van der Waals surface area contributed by atoms with Crippen LogP contribution in [0.15, 0.2) is 24.3 Å². The lowest BCUT2D eigenvalue weighted by Crippen LogP contribution is -2.35. The number of ether oxygens (including phenoxy) is 1. The Hall–Kier alpha value is -1.68. The Bertz CT molecular complexity index is 481. The average Bonchev–Trinajstić information content (AvgIpc) is 3.07. The Balaban J connectivity index is 1.59. The molecule has 0 saturated carbocycles. The van der Waals surface area contributed by atoms with E-state index < -0.39 is 5.97 Å². The summed E-state index contributed by atoms with van der Waals surface area (Å²) in [7, 11) is 0. The zero-order valence-electron chi connectivity index (χ0n) is 10.7. The van der Waals surface area contributed by atoms with Crippen molar-refractivity contribution in [1.82, 2.24) is 5.32 Å². The second-order valence-electron chi connectivity index (χ2n) is 5.26. The number of benzene rings is 1. The highest BCUT2D eigenvalue weighted by Gasteiger charge is 2.32. The predicted molar refractivity (Wildman–Crippen MR) is 69.5 cm³/mol. The standard InChI is InChI=1S/C15H17NO3/c17-14(19-15(18)13-6-3-7-16-13)12-8-10-4-1-2-5-11(10)9-12/h1-2,4-5,12-13,16H,3,6-9H2/t13-/m0/s1. The maximum atomic E-state index is 12.0. The van der Waals surface area contributed by atoms with Crippen LogP contribution in [0.3, 0.4) is 0 Å². The molecule has 0 spiro atoms. The van der Waals surface area contributed by atoms with Crippen LogP contribution in [0, 0.1) is 5.92 Å². The van der Waals surface area contributed by atoms with Gasteiger partial charge in [-0.15, -0.1) is 0 Å². The maximum absolute atomic E-state index is 12.0. The number of esters is 2. The van der Waals surface area contributed by atoms with Crippen LogP contribution in [0.4, 0.5) is 0 Å². The van der Waals surface area contributed by atoms with Crippen molar-refractivity contribution in [2.75, 3.05) is 6.54 Å². The Kier molecular flexibility index (Phi) is 3.34. The number of nitrogens with one attached hydrogen (secondary N) is 1. The minimum atomic E-state index is -0.418. The van der Waals surface area contributed by atoms with Crippen molar-refractivity contribution in [2.24, 2.45) is 5.92 Å². The van der Waals surface area contributed by atoms with Crippen LogP contribution in [-0.4, -0.2) is 24.5 Å². The smallest absolute Gasteiger partial charge is 0.330 e. The molecule has 0 bridgehead atoms. The highest BCUT2D eigenvalue weighted by molar-refractivity contribution is 5.90. The molecule has 4 nitrogen and oxygen atoms in total. The monoisotopic (exact) mass is 259 g/mol. The summed E-state index contributed by atoms with van der Waals surface area (Å²) >= 11 is 0. The van der Waals surface area contributed by atoms with Crippen molar-refractivity contribution in [3.8, 4) is 0 Å². The van der Waals surface area contributed by atoms with Gasteiger partial charge in [-0.3, -0.25) is 4.79 Å². The number of carbonyl (C=O) groups is 2. The van der Waals surface area contributed by atoms with E-state index in [0.29, 0.717) is 12.8 Å². The molecule has 2 aliphatic rings. The van der Waals surface area contributed by atoms with E-state index in [2.05, 4.69) is 5.32 Å². The first-order chi connectivity index (χ1) is 9.24. The van der Waals surface area contributed by atoms with Gasteiger partial charge in [0.15, 0.2) is 0 Å². The van der Waals surface area contributed by atoms with Gasteiger partial charge >= 0.3 is 11.9 Å². The third-order valence-corrected chi connectivity index (χ3v) is 3.93. The first-order valence-electron chi connectivity index (χ1n) is 6.80. The third-order valence-electron chi connectivity index (χ3n) is 3.93. The molecule has 19 heavy (non-hydrogen) atoms. The zero-order valence-corrected chi connectivity index (χ0v) is 10.7. The number of fused-ring (bicyclic) bond motifs is 1. The molecule has 1 heterocycles. The fourth-order valence-electron chi connectivity index (χ4n) is 2.86. The van der Waals surface area contributed by atoms with Crippen LogP contribution in [0.25, 0.3) is 0 Å². The molecule has 1 aromatic rings. The largest absolute Gasteiger partial charge is 0.392 e. The summed E-state index contributed by atoms with van der Waals surface area (Å²) in [5, 5.41) is 3.04. The quantitative estimate of drug-likeness (QED) is 0.641. The zero-order chi connectivity index (χ0) is 13.2. The van der Waals surface area contributed by atoms with Crippen LogP contribution in [0.1, 0.15) is 24.0 Å². The summed E-state index contributed by atoms with van der Waals surface area (Å²) < 4.78 is 5.01. The molecule has 1 fully saturated rings. The summed E-state index contributed by atoms with van der Waals surface area (Å²) in [6.45, 7) is 0.822. The van der Waals surface area contributed by atoms with Crippen molar-refractivity contribution in [3.05, 3.63) is 35.4 Å². The van der Waals surface area contributed by atoms with Crippen molar-refractivity contribution in [3.63, 3.8) is 0 Å². The molecule has 0 radical (unpaired) electrons. The van der Waals surface area contributed by atoms with Crippen LogP contribution in [0.2, 0.25) is 0 Å². The molecular weight excluding hydrogens is 242 g/mol. The second kappa shape index (κ2) is 5.13. The molecule has 1 aromatic carbocycles. The Morgan fingerprint density at radius 3 is 2.37 bits per heavy atom. The van der Waals surface area contributed by atoms with Crippen LogP contribution in [-0.2, 0) is 27.2 Å². The molecule has 3 rings (SSSR count). The van der Waals surface area contributed by atoms with E-state index in [9.17, 15) is 9.59 Å². The van der Waals surface area contributed by atoms with Gasteiger partial charge in [0.25, 0.3) is 0 Å². The topological polar surface area (TPSA) is 55.4 Å². The molecule has 100 valence electrons. The highest BCUT2D eigenvalue weighted by Crippen LogP contribution is 2.27. The molecule has 0 amide bonds. The van der Waals surface area contributed by atoms with Crippen molar-refractivity contribution >= 4 is 11.9 Å². The van der Waals surface area contributed by atoms with Crippen LogP contribution < -0.4 is 5.32 Å². The van der Waals surface area contributed by atoms with Gasteiger partial charge in [0.1, 0.15) is 6.04 Å². The third kappa shape index (κ3) is 2.54. The summed E-state index contributed by atoms with van der Waals surface area (Å²) in [6, 6.07) is 7.71. The van der Waals surface area contributed by atoms with Gasteiger partial charge in [-0.25, -0.2) is 4.79 Å². The fraction of sp³-hybridized carbons (Fsp3) is 0.467. The number of carbonyl (C=O) groups excluding carboxylic acids is 2. The van der Waals surface area contributed by atoms with Gasteiger partial charge in [0.05, 0.1) is 5.92 Å². The first-order valence-corrected chi connectivity index (χ1v) is 6.80. The lowest BCUT2D eigenvalue weighted by Gasteiger charge is -2.11. The predicted octanol–water partition coefficient (Wildman–Crippen LogP) is 1.22. The second-order valence-corrected chi connectivity index (χ2v) is 5.26. The first kappa shape index (κ1) is 12.4. The van der Waals surface area contributed by atoms with Gasteiger partial charge in [-0.2, -0.15) is 0 Å². The number of rotatable bonds is 2. The lowest BCUT2D eigenvalue weighted by atomic mass is 10.1. The molecule has 1 N–H and O–H groups in total. The minimum absolute atomic E-state index is 0.206. The fourth-order valence-corrected chi connectivity index (χ4v) is 2.86. The lowest BCUT2D eigenvalue weighted by molar-refractivity contribution is -0.163. The van der Waals surface area contributed by atoms with Gasteiger partial charge in [-0.05, 0) is 43.4 Å². The van der Waals surface area contributed by atoms with E-state index in [1.165, 1.54) is 11.1 Å². The van der Waals surface area contributed by atoms with Gasteiger partial charge < -0.3 is 10.1 Å². The van der Waals surface area contributed by atoms with E-state index in [-0.39, 0.29) is 17.9 Å². The van der Waals surface area contributed by atoms with Crippen LogP contribution >= 0.6 is 0 Å². The Morgan fingerprint density at radius 2 is 1.79 bits per heavy atom. The number of hydrogen-bond acceptors (Lipinski definition) is 4. The summed E-state index contributed by atoms with van der Waals surface area (Å²) in [4.78, 5) is 23.8. The highest BCUT2D eigenvalue weighted by atomic mass is 16.6. The molecule has 0 unspecified atom stereocenters. The molecule has 0 aromatic heterocycles. The molecule has 1 aliphatic heterocycles. The Morgan fingerprint density at radius 1 is 1.11 bits per heavy atom. The maximum Gasteiger partial charge on any atom is 0.330 e. The van der Waals surface area contributed by atoms with Gasteiger partial charge in [-0.1, -0.05) is 24.3 Å². The van der Waals surface area contributed by atoms with E-state index in [4.69, 9.17) is 4.74 Å². The molecular formula is C15H17NO3. The normalized spacial score (nSPS) is 22.2. The summed E-state index contributed by atoms with van der Waals surface area (Å²) in [5.74, 6) is -1.00. The van der Waals surface area contributed by atoms with E-state index in [0.717, 1.165) is 19.4 Å². The van der Waals surface area contributed by atoms with E-state index in [1.807, 2.05) is 24.3 Å². The average molecular weight is 259 g/mol. The number of hydrogen-bond donors (Lipinski definition) is 1. The van der Waals surface area contributed by atoms with E-state index >= 15 is 0 Å². The van der Waals surface area contributed by atoms with E-state index in [1.54, 1.807) is 0 Å². The van der Waals surface area contributed by atoms with Crippen molar-refractivity contribution < 1.29 is 14.3 Å². The molecule has 1 aliphatic carbocycles. The minimum Gasteiger partial charge on any atom is -0.392 e. The Labute approximate surface area is 112 Å². The molecule has 4 heteroatoms. The SMILES string of the molecule is O=C(OC(=O)[C@@H]1CCCN1)C1Cc2ccccc2C1. The molecule has 1 saturated heterocycles. The summed E-state index contributed by atoms with van der Waals surface area (Å²) in [5.41, 5.74) is 2.38. The van der Waals surface area contributed by atoms with Gasteiger partial charge in [0.2, 0.25) is 0 Å². The van der Waals surface area contributed by atoms with Gasteiger partial charge in [0, 0.05) is 0 Å².